The molecule has 1 fully saturated rings. The second-order valence-electron chi connectivity index (χ2n) is 5.47. The fraction of sp³-hybridized carbons (Fsp3) is 0.571. The molecule has 1 aliphatic rings. The first-order chi connectivity index (χ1) is 8.97. The van der Waals surface area contributed by atoms with E-state index < -0.39 is 0 Å². The first-order valence-corrected chi connectivity index (χ1v) is 7.35. The molecule has 104 valence electrons. The minimum absolute atomic E-state index is 0.127. The van der Waals surface area contributed by atoms with Gasteiger partial charge in [0, 0.05) is 12.2 Å². The van der Waals surface area contributed by atoms with Crippen molar-refractivity contribution in [3.63, 3.8) is 0 Å². The van der Waals surface area contributed by atoms with E-state index in [1.165, 1.54) is 6.20 Å². The van der Waals surface area contributed by atoms with Crippen LogP contribution in [0, 0.1) is 11.8 Å². The molecule has 3 nitrogen and oxygen atoms in total. The van der Waals surface area contributed by atoms with Gasteiger partial charge in [-0.2, -0.15) is 0 Å². The number of amides is 1. The molecule has 1 N–H and O–H groups in total. The van der Waals surface area contributed by atoms with Gasteiger partial charge < -0.3 is 5.32 Å². The number of carbonyl (C=O) groups is 1. The van der Waals surface area contributed by atoms with Gasteiger partial charge in [0.05, 0.1) is 10.6 Å². The Morgan fingerprint density at radius 2 is 2.11 bits per heavy atom. The Morgan fingerprint density at radius 1 is 1.37 bits per heavy atom. The Morgan fingerprint density at radius 3 is 2.74 bits per heavy atom. The molecule has 0 saturated heterocycles. The highest BCUT2D eigenvalue weighted by Gasteiger charge is 2.26. The molecule has 1 aromatic rings. The molecule has 2 rings (SSSR count). The largest absolute Gasteiger partial charge is 0.349 e. The lowest BCUT2D eigenvalue weighted by Crippen LogP contribution is -2.42. The second-order valence-corrected chi connectivity index (χ2v) is 6.24. The zero-order valence-electron chi connectivity index (χ0n) is 11.1. The van der Waals surface area contributed by atoms with E-state index in [9.17, 15) is 4.79 Å². The summed E-state index contributed by atoms with van der Waals surface area (Å²) in [6.45, 7) is 4.45. The Labute approximate surface area is 123 Å². The van der Waals surface area contributed by atoms with E-state index in [1.54, 1.807) is 6.07 Å². The van der Waals surface area contributed by atoms with Crippen molar-refractivity contribution in [1.29, 1.82) is 0 Å². The van der Waals surface area contributed by atoms with E-state index in [4.69, 9.17) is 23.2 Å². The van der Waals surface area contributed by atoms with Gasteiger partial charge in [0.15, 0.2) is 0 Å². The quantitative estimate of drug-likeness (QED) is 0.841. The van der Waals surface area contributed by atoms with Crippen LogP contribution in [0.4, 0.5) is 0 Å². The van der Waals surface area contributed by atoms with Crippen molar-refractivity contribution in [3.8, 4) is 0 Å². The van der Waals surface area contributed by atoms with Crippen molar-refractivity contribution in [1.82, 2.24) is 10.3 Å². The van der Waals surface area contributed by atoms with E-state index in [-0.39, 0.29) is 17.1 Å². The highest BCUT2D eigenvalue weighted by molar-refractivity contribution is 6.41. The minimum atomic E-state index is -0.127. The number of rotatable bonds is 2. The predicted octanol–water partition coefficient (Wildman–Crippen LogP) is 3.94. The van der Waals surface area contributed by atoms with Crippen LogP contribution in [0.1, 0.15) is 43.5 Å². The molecule has 0 aliphatic heterocycles. The number of hydrogen-bond acceptors (Lipinski definition) is 2. The van der Waals surface area contributed by atoms with E-state index in [0.29, 0.717) is 16.5 Å². The van der Waals surface area contributed by atoms with Gasteiger partial charge in [-0.25, -0.2) is 4.98 Å². The average Bonchev–Trinajstić information content (AvgIpc) is 2.36. The maximum atomic E-state index is 12.2. The van der Waals surface area contributed by atoms with Gasteiger partial charge in [-0.1, -0.05) is 37.0 Å². The molecule has 1 amide bonds. The Balaban J connectivity index is 2.02. The first kappa shape index (κ1) is 14.6. The number of aromatic nitrogens is 1. The zero-order valence-corrected chi connectivity index (χ0v) is 12.6. The summed E-state index contributed by atoms with van der Waals surface area (Å²) < 4.78 is 0. The summed E-state index contributed by atoms with van der Waals surface area (Å²) >= 11 is 11.6. The minimum Gasteiger partial charge on any atom is -0.349 e. The molecule has 1 aliphatic carbocycles. The molecule has 3 unspecified atom stereocenters. The number of nitrogens with one attached hydrogen (secondary N) is 1. The molecule has 0 spiro atoms. The smallest absolute Gasteiger partial charge is 0.253 e. The highest BCUT2D eigenvalue weighted by atomic mass is 35.5. The summed E-state index contributed by atoms with van der Waals surface area (Å²) in [6.07, 6.45) is 4.81. The molecule has 1 saturated carbocycles. The van der Waals surface area contributed by atoms with Crippen LogP contribution < -0.4 is 5.32 Å². The molecule has 0 bridgehead atoms. The van der Waals surface area contributed by atoms with Crippen LogP contribution >= 0.6 is 23.2 Å². The van der Waals surface area contributed by atoms with Crippen LogP contribution in [0.5, 0.6) is 0 Å². The normalized spacial score (nSPS) is 27.1. The Hall–Kier alpha value is -0.800. The number of pyridine rings is 1. The molecule has 1 aromatic heterocycles. The monoisotopic (exact) mass is 300 g/mol. The molecule has 19 heavy (non-hydrogen) atoms. The van der Waals surface area contributed by atoms with Gasteiger partial charge in [-0.15, -0.1) is 0 Å². The van der Waals surface area contributed by atoms with E-state index in [0.717, 1.165) is 25.2 Å². The van der Waals surface area contributed by atoms with Crippen LogP contribution in [-0.4, -0.2) is 16.9 Å². The highest BCUT2D eigenvalue weighted by Crippen LogP contribution is 2.29. The lowest BCUT2D eigenvalue weighted by Gasteiger charge is -2.33. The Kier molecular flexibility index (Phi) is 4.69. The fourth-order valence-corrected chi connectivity index (χ4v) is 2.95. The number of nitrogens with zero attached hydrogens (tertiary/aromatic N) is 1. The maximum Gasteiger partial charge on any atom is 0.253 e. The van der Waals surface area contributed by atoms with E-state index in [2.05, 4.69) is 24.1 Å². The van der Waals surface area contributed by atoms with Crippen molar-refractivity contribution in [2.75, 3.05) is 0 Å². The average molecular weight is 301 g/mol. The molecule has 3 atom stereocenters. The van der Waals surface area contributed by atoms with Gasteiger partial charge in [-0.05, 0) is 37.2 Å². The van der Waals surface area contributed by atoms with Crippen LogP contribution in [0.3, 0.4) is 0 Å². The number of halogens is 2. The number of hydrogen-bond donors (Lipinski definition) is 1. The summed E-state index contributed by atoms with van der Waals surface area (Å²) in [5, 5.41) is 3.60. The molecular formula is C14H18Cl2N2O. The second kappa shape index (κ2) is 6.10. The van der Waals surface area contributed by atoms with Crippen molar-refractivity contribution in [2.45, 2.75) is 39.2 Å². The van der Waals surface area contributed by atoms with Gasteiger partial charge in [0.25, 0.3) is 5.91 Å². The topological polar surface area (TPSA) is 42.0 Å². The lowest BCUT2D eigenvalue weighted by molar-refractivity contribution is 0.0899. The standard InChI is InChI=1S/C14H18Cl2N2O/c1-8-3-4-12(9(2)5-8)18-14(19)10-6-11(15)13(16)17-7-10/h6-9,12H,3-5H2,1-2H3,(H,18,19). The molecule has 1 heterocycles. The third-order valence-corrected chi connectivity index (χ3v) is 4.49. The van der Waals surface area contributed by atoms with Crippen molar-refractivity contribution >= 4 is 29.1 Å². The van der Waals surface area contributed by atoms with Crippen LogP contribution in [0.15, 0.2) is 12.3 Å². The van der Waals surface area contributed by atoms with Crippen molar-refractivity contribution < 1.29 is 4.79 Å². The Bertz CT molecular complexity index is 479. The molecular weight excluding hydrogens is 283 g/mol. The van der Waals surface area contributed by atoms with Crippen LogP contribution in [-0.2, 0) is 0 Å². The van der Waals surface area contributed by atoms with E-state index >= 15 is 0 Å². The summed E-state index contributed by atoms with van der Waals surface area (Å²) in [5.41, 5.74) is 0.459. The maximum absolute atomic E-state index is 12.2. The first-order valence-electron chi connectivity index (χ1n) is 6.59. The summed E-state index contributed by atoms with van der Waals surface area (Å²) in [7, 11) is 0. The van der Waals surface area contributed by atoms with Gasteiger partial charge in [-0.3, -0.25) is 4.79 Å². The SMILES string of the molecule is CC1CCC(NC(=O)c2cnc(Cl)c(Cl)c2)C(C)C1. The molecule has 5 heteroatoms. The van der Waals surface area contributed by atoms with Crippen molar-refractivity contribution in [3.05, 3.63) is 28.0 Å². The number of carbonyl (C=O) groups excluding carboxylic acids is 1. The lowest BCUT2D eigenvalue weighted by atomic mass is 9.80. The predicted molar refractivity (Wildman–Crippen MR) is 77.7 cm³/mol. The summed E-state index contributed by atoms with van der Waals surface area (Å²) in [4.78, 5) is 16.0. The molecule has 0 aromatic carbocycles. The zero-order chi connectivity index (χ0) is 14.0. The van der Waals surface area contributed by atoms with Gasteiger partial charge in [0.1, 0.15) is 5.15 Å². The third kappa shape index (κ3) is 3.61. The van der Waals surface area contributed by atoms with E-state index in [1.807, 2.05) is 0 Å². The third-order valence-electron chi connectivity index (χ3n) is 3.81. The van der Waals surface area contributed by atoms with Gasteiger partial charge >= 0.3 is 0 Å². The van der Waals surface area contributed by atoms with Crippen LogP contribution in [0.25, 0.3) is 0 Å². The fourth-order valence-electron chi connectivity index (χ4n) is 2.68. The van der Waals surface area contributed by atoms with Crippen LogP contribution in [0.2, 0.25) is 10.2 Å². The molecule has 0 radical (unpaired) electrons. The van der Waals surface area contributed by atoms with Crippen molar-refractivity contribution in [2.24, 2.45) is 11.8 Å². The summed E-state index contributed by atoms with van der Waals surface area (Å²) in [6, 6.07) is 1.79. The summed E-state index contributed by atoms with van der Waals surface area (Å²) in [5.74, 6) is 1.12. The van der Waals surface area contributed by atoms with Gasteiger partial charge in [0.2, 0.25) is 0 Å².